The number of rotatable bonds is 16. The van der Waals surface area contributed by atoms with Gasteiger partial charge in [-0.1, -0.05) is 13.2 Å². The van der Waals surface area contributed by atoms with Crippen LogP contribution >= 0.6 is 56.7 Å². The van der Waals surface area contributed by atoms with Gasteiger partial charge in [0.25, 0.3) is 0 Å². The lowest BCUT2D eigenvalue weighted by molar-refractivity contribution is -0.138. The highest BCUT2D eigenvalue weighted by Gasteiger charge is 2.13. The first-order valence-corrected chi connectivity index (χ1v) is 20.4. The van der Waals surface area contributed by atoms with Crippen LogP contribution < -0.4 is 0 Å². The zero-order valence-corrected chi connectivity index (χ0v) is 32.4. The predicted molar refractivity (Wildman–Crippen MR) is 213 cm³/mol. The van der Waals surface area contributed by atoms with Crippen molar-refractivity contribution < 1.29 is 38.1 Å². The largest absolute Gasteiger partial charge is 0.463 e. The van der Waals surface area contributed by atoms with Gasteiger partial charge < -0.3 is 18.9 Å². The fourth-order valence-electron chi connectivity index (χ4n) is 4.30. The molecule has 0 saturated heterocycles. The highest BCUT2D eigenvalue weighted by Crippen LogP contribution is 2.39. The molecule has 8 nitrogen and oxygen atoms in total. The van der Waals surface area contributed by atoms with Gasteiger partial charge in [0.15, 0.2) is 0 Å². The summed E-state index contributed by atoms with van der Waals surface area (Å²) < 4.78 is 20.5. The molecule has 0 atom stereocenters. The first kappa shape index (κ1) is 39.2. The summed E-state index contributed by atoms with van der Waals surface area (Å²) >= 11 is 7.52. The Morgan fingerprint density at radius 3 is 1.17 bits per heavy atom. The van der Waals surface area contributed by atoms with Crippen LogP contribution in [0.1, 0.15) is 64.5 Å². The van der Waals surface area contributed by atoms with Crippen LogP contribution in [0.2, 0.25) is 0 Å². The first-order chi connectivity index (χ1) is 25.8. The quantitative estimate of drug-likeness (QED) is 0.0320. The first-order valence-electron chi connectivity index (χ1n) is 16.3. The number of hydrogen-bond donors (Lipinski definition) is 0. The minimum Gasteiger partial charge on any atom is -0.463 e. The smallest absolute Gasteiger partial charge is 0.348 e. The molecule has 5 heterocycles. The monoisotopic (exact) mass is 800 g/mol. The Kier molecular flexibility index (Phi) is 15.0. The molecule has 270 valence electrons. The Labute approximate surface area is 327 Å². The van der Waals surface area contributed by atoms with Crippen molar-refractivity contribution in [3.63, 3.8) is 0 Å². The van der Waals surface area contributed by atoms with Gasteiger partial charge in [0.05, 0.1) is 45.9 Å². The molecule has 53 heavy (non-hydrogen) atoms. The minimum atomic E-state index is -0.465. The molecule has 0 aliphatic heterocycles. The van der Waals surface area contributed by atoms with Crippen LogP contribution in [0.5, 0.6) is 0 Å². The standard InChI is InChI=1S/C40H32O8S5/c1-3-37(41)45-23-5-7-25-47-39(43)35-19-15-29(51-35)11-9-27-13-17-31(49-27)33-21-22-34(53-33)32-18-14-28(50-32)10-12-30-16-20-36(52-30)40(44)48-26-8-6-24-46-38(42)4-2/h3-4,13-22H,1-2,5-8,23-26H2. The second-order valence-electron chi connectivity index (χ2n) is 10.7. The summed E-state index contributed by atoms with van der Waals surface area (Å²) in [6.45, 7) is 7.70. The van der Waals surface area contributed by atoms with Crippen molar-refractivity contribution in [3.8, 4) is 43.2 Å². The second-order valence-corrected chi connectivity index (χ2v) is 16.2. The SMILES string of the molecule is C=CC(=O)OCCCCOC(=O)c1ccc(C#Cc2ccc(-c3ccc(-c4ccc(C#Cc5ccc(C(=O)OCCCCOC(=O)C=C)s5)s4)s3)s2)s1. The van der Waals surface area contributed by atoms with Gasteiger partial charge in [-0.15, -0.1) is 56.7 Å². The topological polar surface area (TPSA) is 105 Å². The number of ether oxygens (including phenoxy) is 4. The van der Waals surface area contributed by atoms with E-state index < -0.39 is 23.9 Å². The summed E-state index contributed by atoms with van der Waals surface area (Å²) in [7, 11) is 0. The van der Waals surface area contributed by atoms with Crippen molar-refractivity contribution in [1.29, 1.82) is 0 Å². The maximum atomic E-state index is 12.4. The van der Waals surface area contributed by atoms with E-state index in [2.05, 4.69) is 61.1 Å². The third-order valence-corrected chi connectivity index (χ3v) is 12.3. The summed E-state index contributed by atoms with van der Waals surface area (Å²) in [5.41, 5.74) is 0. The zero-order chi connectivity index (χ0) is 37.4. The van der Waals surface area contributed by atoms with Crippen molar-refractivity contribution in [2.24, 2.45) is 0 Å². The molecule has 0 aromatic carbocycles. The van der Waals surface area contributed by atoms with E-state index in [-0.39, 0.29) is 26.4 Å². The third-order valence-electron chi connectivity index (χ3n) is 6.90. The number of unbranched alkanes of at least 4 members (excludes halogenated alkanes) is 2. The molecule has 13 heteroatoms. The molecular formula is C40H32O8S5. The van der Waals surface area contributed by atoms with Crippen LogP contribution in [-0.2, 0) is 28.5 Å². The minimum absolute atomic E-state index is 0.244. The van der Waals surface area contributed by atoms with Crippen LogP contribution in [0.15, 0.2) is 86.0 Å². The lowest BCUT2D eigenvalue weighted by Gasteiger charge is -2.03. The van der Waals surface area contributed by atoms with Gasteiger partial charge in [-0.3, -0.25) is 0 Å². The molecule has 0 fully saturated rings. The molecule has 0 radical (unpaired) electrons. The van der Waals surface area contributed by atoms with Crippen LogP contribution in [0.25, 0.3) is 19.5 Å². The molecule has 0 bridgehead atoms. The van der Waals surface area contributed by atoms with E-state index in [1.807, 2.05) is 24.3 Å². The van der Waals surface area contributed by atoms with Crippen molar-refractivity contribution >= 4 is 80.6 Å². The van der Waals surface area contributed by atoms with Crippen molar-refractivity contribution in [2.75, 3.05) is 26.4 Å². The zero-order valence-electron chi connectivity index (χ0n) is 28.3. The van der Waals surface area contributed by atoms with Gasteiger partial charge in [0, 0.05) is 31.7 Å². The average Bonchev–Trinajstić information content (AvgIpc) is 4.02. The molecule has 0 unspecified atom stereocenters. The molecular weight excluding hydrogens is 769 g/mol. The van der Waals surface area contributed by atoms with Gasteiger partial charge in [-0.25, -0.2) is 19.2 Å². The van der Waals surface area contributed by atoms with Gasteiger partial charge in [-0.05, 0) is 110 Å². The van der Waals surface area contributed by atoms with Crippen molar-refractivity contribution in [2.45, 2.75) is 25.7 Å². The average molecular weight is 801 g/mol. The Hall–Kier alpha value is -5.02. The van der Waals surface area contributed by atoms with E-state index in [1.54, 1.807) is 46.1 Å². The summed E-state index contributed by atoms with van der Waals surface area (Å²) in [5, 5.41) is 0. The molecule has 0 spiro atoms. The summed E-state index contributed by atoms with van der Waals surface area (Å²) in [5.74, 6) is 11.0. The maximum Gasteiger partial charge on any atom is 0.348 e. The molecule has 0 N–H and O–H groups in total. The summed E-state index contributed by atoms with van der Waals surface area (Å²) in [6.07, 6.45) is 4.60. The van der Waals surface area contributed by atoms with Gasteiger partial charge >= 0.3 is 23.9 Å². The van der Waals surface area contributed by atoms with Gasteiger partial charge in [0.1, 0.15) is 9.75 Å². The summed E-state index contributed by atoms with van der Waals surface area (Å²) in [4.78, 5) is 55.8. The number of carbonyl (C=O) groups is 4. The van der Waals surface area contributed by atoms with E-state index >= 15 is 0 Å². The van der Waals surface area contributed by atoms with Gasteiger partial charge in [0.2, 0.25) is 0 Å². The fraction of sp³-hybridized carbons (Fsp3) is 0.200. The fourth-order valence-corrected chi connectivity index (χ4v) is 8.71. The highest BCUT2D eigenvalue weighted by atomic mass is 32.1. The van der Waals surface area contributed by atoms with E-state index in [9.17, 15) is 19.2 Å². The van der Waals surface area contributed by atoms with Crippen LogP contribution in [0, 0.1) is 23.7 Å². The second kappa shape index (κ2) is 20.3. The number of esters is 4. The normalized spacial score (nSPS) is 10.3. The highest BCUT2D eigenvalue weighted by molar-refractivity contribution is 7.26. The van der Waals surface area contributed by atoms with Crippen LogP contribution in [0.4, 0.5) is 0 Å². The van der Waals surface area contributed by atoms with E-state index in [0.29, 0.717) is 35.4 Å². The number of thiophene rings is 5. The van der Waals surface area contributed by atoms with Gasteiger partial charge in [-0.2, -0.15) is 0 Å². The molecule has 0 amide bonds. The molecule has 0 aliphatic carbocycles. The Balaban J connectivity index is 1.08. The van der Waals surface area contributed by atoms with Crippen molar-refractivity contribution in [3.05, 3.63) is 115 Å². The molecule has 0 saturated carbocycles. The van der Waals surface area contributed by atoms with Crippen LogP contribution in [-0.4, -0.2) is 50.3 Å². The molecule has 5 aromatic rings. The molecule has 5 aromatic heterocycles. The Morgan fingerprint density at radius 2 is 0.774 bits per heavy atom. The van der Waals surface area contributed by atoms with E-state index in [1.165, 1.54) is 22.7 Å². The Bertz CT molecular complexity index is 2050. The lowest BCUT2D eigenvalue weighted by Crippen LogP contribution is -2.06. The number of hydrogen-bond acceptors (Lipinski definition) is 13. The maximum absolute atomic E-state index is 12.4. The Morgan fingerprint density at radius 1 is 0.453 bits per heavy atom. The third kappa shape index (κ3) is 12.3. The van der Waals surface area contributed by atoms with Crippen molar-refractivity contribution in [1.82, 2.24) is 0 Å². The lowest BCUT2D eigenvalue weighted by atomic mass is 10.3. The predicted octanol–water partition coefficient (Wildman–Crippen LogP) is 9.46. The van der Waals surface area contributed by atoms with Crippen LogP contribution in [0.3, 0.4) is 0 Å². The van der Waals surface area contributed by atoms with E-state index in [0.717, 1.165) is 51.2 Å². The summed E-state index contributed by atoms with van der Waals surface area (Å²) in [6, 6.07) is 19.4. The molecule has 5 rings (SSSR count). The molecule has 0 aliphatic rings. The van der Waals surface area contributed by atoms with E-state index in [4.69, 9.17) is 18.9 Å². The number of carbonyl (C=O) groups excluding carboxylic acids is 4.